The minimum absolute atomic E-state index is 0. The third-order valence-electron chi connectivity index (χ3n) is 5.12. The first-order valence-electron chi connectivity index (χ1n) is 9.84. The van der Waals surface area contributed by atoms with Crippen molar-refractivity contribution in [2.75, 3.05) is 24.7 Å². The average molecular weight is 488 g/mol. The number of fused-ring (bicyclic) bond motifs is 2. The van der Waals surface area contributed by atoms with E-state index in [1.165, 1.54) is 15.1 Å². The van der Waals surface area contributed by atoms with E-state index in [0.29, 0.717) is 5.75 Å². The molecule has 3 heterocycles. The zero-order valence-electron chi connectivity index (χ0n) is 17.0. The Bertz CT molecular complexity index is 1170. The van der Waals surface area contributed by atoms with Gasteiger partial charge in [0.2, 0.25) is 5.91 Å². The van der Waals surface area contributed by atoms with Crippen LogP contribution in [-0.2, 0) is 17.8 Å². The SMILES string of the molecule is CN1CCc2c(sc(NC(=O)CSc3ccccc3)c2-c2nc3ccccc3s2)C1.Cl. The van der Waals surface area contributed by atoms with E-state index in [-0.39, 0.29) is 18.3 Å². The fraction of sp³-hybridized carbons (Fsp3) is 0.217. The minimum atomic E-state index is 0. The summed E-state index contributed by atoms with van der Waals surface area (Å²) in [6.45, 7) is 1.95. The van der Waals surface area contributed by atoms with Crippen LogP contribution in [0.2, 0.25) is 0 Å². The first kappa shape index (κ1) is 22.3. The van der Waals surface area contributed by atoms with Crippen molar-refractivity contribution in [3.63, 3.8) is 0 Å². The van der Waals surface area contributed by atoms with Gasteiger partial charge < -0.3 is 10.2 Å². The molecule has 5 rings (SSSR count). The Morgan fingerprint density at radius 1 is 1.13 bits per heavy atom. The number of thiazole rings is 1. The van der Waals surface area contributed by atoms with Crippen molar-refractivity contribution in [2.45, 2.75) is 17.9 Å². The molecule has 0 saturated carbocycles. The van der Waals surface area contributed by atoms with Gasteiger partial charge in [0.1, 0.15) is 10.0 Å². The summed E-state index contributed by atoms with van der Waals surface area (Å²) in [4.78, 5) is 22.4. The maximum atomic E-state index is 12.8. The molecule has 0 unspecified atom stereocenters. The highest BCUT2D eigenvalue weighted by molar-refractivity contribution is 8.00. The predicted molar refractivity (Wildman–Crippen MR) is 136 cm³/mol. The van der Waals surface area contributed by atoms with Gasteiger partial charge in [0, 0.05) is 28.4 Å². The summed E-state index contributed by atoms with van der Waals surface area (Å²) in [5.74, 6) is 0.421. The van der Waals surface area contributed by atoms with Crippen molar-refractivity contribution in [2.24, 2.45) is 0 Å². The molecule has 0 aliphatic carbocycles. The summed E-state index contributed by atoms with van der Waals surface area (Å²) in [6.07, 6.45) is 0.988. The lowest BCUT2D eigenvalue weighted by atomic mass is 10.0. The average Bonchev–Trinajstić information content (AvgIpc) is 3.33. The third-order valence-corrected chi connectivity index (χ3v) is 8.32. The second-order valence-corrected chi connectivity index (χ2v) is 10.5. The van der Waals surface area contributed by atoms with Gasteiger partial charge in [-0.1, -0.05) is 30.3 Å². The van der Waals surface area contributed by atoms with Crippen LogP contribution in [0.15, 0.2) is 59.5 Å². The first-order chi connectivity index (χ1) is 14.7. The van der Waals surface area contributed by atoms with E-state index in [1.807, 2.05) is 42.5 Å². The maximum Gasteiger partial charge on any atom is 0.235 e. The topological polar surface area (TPSA) is 45.2 Å². The van der Waals surface area contributed by atoms with Crippen LogP contribution in [0.1, 0.15) is 10.4 Å². The molecule has 0 spiro atoms. The maximum absolute atomic E-state index is 12.8. The lowest BCUT2D eigenvalue weighted by Crippen LogP contribution is -2.25. The second kappa shape index (κ2) is 9.71. The van der Waals surface area contributed by atoms with E-state index >= 15 is 0 Å². The van der Waals surface area contributed by atoms with Crippen LogP contribution in [-0.4, -0.2) is 35.1 Å². The fourth-order valence-corrected chi connectivity index (χ4v) is 6.83. The summed E-state index contributed by atoms with van der Waals surface area (Å²) < 4.78 is 1.18. The van der Waals surface area contributed by atoms with Crippen LogP contribution < -0.4 is 5.32 Å². The quantitative estimate of drug-likeness (QED) is 0.342. The van der Waals surface area contributed by atoms with Crippen molar-refractivity contribution in [1.29, 1.82) is 0 Å². The van der Waals surface area contributed by atoms with E-state index in [0.717, 1.165) is 45.5 Å². The van der Waals surface area contributed by atoms with Crippen molar-refractivity contribution in [3.05, 3.63) is 65.0 Å². The van der Waals surface area contributed by atoms with Crippen molar-refractivity contribution < 1.29 is 4.79 Å². The Morgan fingerprint density at radius 3 is 2.71 bits per heavy atom. The van der Waals surface area contributed by atoms with Gasteiger partial charge in [-0.15, -0.1) is 46.8 Å². The number of carbonyl (C=O) groups excluding carboxylic acids is 1. The van der Waals surface area contributed by atoms with Crippen LogP contribution in [0.5, 0.6) is 0 Å². The molecular weight excluding hydrogens is 466 g/mol. The molecule has 4 nitrogen and oxygen atoms in total. The number of aromatic nitrogens is 1. The molecule has 0 atom stereocenters. The molecule has 2 aromatic carbocycles. The van der Waals surface area contributed by atoms with E-state index in [9.17, 15) is 4.79 Å². The molecule has 0 saturated heterocycles. The number of nitrogens with one attached hydrogen (secondary N) is 1. The number of nitrogens with zero attached hydrogens (tertiary/aromatic N) is 2. The number of halogens is 1. The summed E-state index contributed by atoms with van der Waals surface area (Å²) in [7, 11) is 2.15. The Kier molecular flexibility index (Phi) is 6.99. The van der Waals surface area contributed by atoms with Gasteiger partial charge in [0.15, 0.2) is 0 Å². The van der Waals surface area contributed by atoms with Crippen LogP contribution in [0, 0.1) is 0 Å². The van der Waals surface area contributed by atoms with Gasteiger partial charge >= 0.3 is 0 Å². The van der Waals surface area contributed by atoms with E-state index < -0.39 is 0 Å². The second-order valence-electron chi connectivity index (χ2n) is 7.33. The van der Waals surface area contributed by atoms with E-state index in [2.05, 4.69) is 29.4 Å². The number of hydrogen-bond donors (Lipinski definition) is 1. The van der Waals surface area contributed by atoms with Crippen LogP contribution >= 0.6 is 46.8 Å². The number of rotatable bonds is 5. The molecule has 1 aliphatic rings. The molecule has 8 heteroatoms. The Labute approximate surface area is 200 Å². The number of thioether (sulfide) groups is 1. The molecule has 31 heavy (non-hydrogen) atoms. The fourth-order valence-electron chi connectivity index (χ4n) is 3.65. The summed E-state index contributed by atoms with van der Waals surface area (Å²) >= 11 is 4.97. The number of hydrogen-bond acceptors (Lipinski definition) is 6. The van der Waals surface area contributed by atoms with E-state index in [4.69, 9.17) is 4.98 Å². The van der Waals surface area contributed by atoms with Crippen LogP contribution in [0.25, 0.3) is 20.8 Å². The highest BCUT2D eigenvalue weighted by Crippen LogP contribution is 2.45. The Morgan fingerprint density at radius 2 is 1.90 bits per heavy atom. The zero-order chi connectivity index (χ0) is 20.5. The molecular formula is C23H22ClN3OS3. The first-order valence-corrected chi connectivity index (χ1v) is 12.5. The van der Waals surface area contributed by atoms with Crippen molar-refractivity contribution >= 4 is 68.0 Å². The Hall–Kier alpha value is -1.90. The molecule has 1 N–H and O–H groups in total. The molecule has 1 amide bonds. The molecule has 1 aliphatic heterocycles. The number of para-hydroxylation sites is 1. The summed E-state index contributed by atoms with van der Waals surface area (Å²) in [5, 5.41) is 5.14. The largest absolute Gasteiger partial charge is 0.316 e. The van der Waals surface area contributed by atoms with E-state index in [1.54, 1.807) is 34.4 Å². The van der Waals surface area contributed by atoms with Gasteiger partial charge in [-0.25, -0.2) is 4.98 Å². The van der Waals surface area contributed by atoms with Gasteiger partial charge in [0.05, 0.1) is 16.0 Å². The highest BCUT2D eigenvalue weighted by Gasteiger charge is 2.26. The summed E-state index contributed by atoms with van der Waals surface area (Å²) in [5.41, 5.74) is 3.49. The normalized spacial score (nSPS) is 13.6. The molecule has 0 bridgehead atoms. The monoisotopic (exact) mass is 487 g/mol. The van der Waals surface area contributed by atoms with Gasteiger partial charge in [-0.2, -0.15) is 0 Å². The predicted octanol–water partition coefficient (Wildman–Crippen LogP) is 6.17. The molecule has 0 fully saturated rings. The number of anilines is 1. The number of carbonyl (C=O) groups is 1. The third kappa shape index (κ3) is 4.81. The zero-order valence-corrected chi connectivity index (χ0v) is 20.2. The standard InChI is InChI=1S/C23H21N3OS3.ClH/c1-26-12-11-16-19(13-26)30-23(25-20(27)14-28-15-7-3-2-4-8-15)21(16)22-24-17-9-5-6-10-18(17)29-22;/h2-10H,11-14H2,1H3,(H,25,27);1H. The smallest absolute Gasteiger partial charge is 0.235 e. The number of benzene rings is 2. The molecule has 0 radical (unpaired) electrons. The van der Waals surface area contributed by atoms with Crippen LogP contribution in [0.3, 0.4) is 0 Å². The molecule has 2 aromatic heterocycles. The van der Waals surface area contributed by atoms with Gasteiger partial charge in [-0.05, 0) is 43.3 Å². The van der Waals surface area contributed by atoms with Crippen molar-refractivity contribution in [3.8, 4) is 10.6 Å². The lowest BCUT2D eigenvalue weighted by Gasteiger charge is -2.22. The Balaban J connectivity index is 0.00000231. The molecule has 160 valence electrons. The number of amides is 1. The highest BCUT2D eigenvalue weighted by atomic mass is 35.5. The lowest BCUT2D eigenvalue weighted by molar-refractivity contribution is -0.113. The van der Waals surface area contributed by atoms with Crippen molar-refractivity contribution in [1.82, 2.24) is 9.88 Å². The van der Waals surface area contributed by atoms with Crippen LogP contribution in [0.4, 0.5) is 5.00 Å². The summed E-state index contributed by atoms with van der Waals surface area (Å²) in [6, 6.07) is 18.3. The molecule has 4 aromatic rings. The number of likely N-dealkylation sites (N-methyl/N-ethyl adjacent to an activating group) is 1. The minimum Gasteiger partial charge on any atom is -0.316 e. The van der Waals surface area contributed by atoms with Gasteiger partial charge in [-0.3, -0.25) is 4.79 Å². The number of thiophene rings is 1. The van der Waals surface area contributed by atoms with Gasteiger partial charge in [0.25, 0.3) is 0 Å².